The van der Waals surface area contributed by atoms with Crippen molar-refractivity contribution in [3.8, 4) is 0 Å². The SMILES string of the molecule is Cc1ccc(C(N)CN2CCN(C)C(=O)C2=O)cc1. The van der Waals surface area contributed by atoms with E-state index in [1.807, 2.05) is 31.2 Å². The lowest BCUT2D eigenvalue weighted by Gasteiger charge is -2.33. The van der Waals surface area contributed by atoms with Crippen molar-refractivity contribution in [3.05, 3.63) is 35.4 Å². The third kappa shape index (κ3) is 2.93. The topological polar surface area (TPSA) is 66.6 Å². The fourth-order valence-corrected chi connectivity index (χ4v) is 2.10. The molecule has 0 aromatic heterocycles. The Morgan fingerprint density at radius 3 is 2.42 bits per heavy atom. The summed E-state index contributed by atoms with van der Waals surface area (Å²) in [5, 5.41) is 0. The Labute approximate surface area is 113 Å². The Morgan fingerprint density at radius 2 is 1.79 bits per heavy atom. The quantitative estimate of drug-likeness (QED) is 0.796. The Bertz CT molecular complexity index is 484. The second-order valence-corrected chi connectivity index (χ2v) is 5.00. The predicted molar refractivity (Wildman–Crippen MR) is 72.3 cm³/mol. The first kappa shape index (κ1) is 13.5. The minimum atomic E-state index is -0.462. The second kappa shape index (κ2) is 5.40. The van der Waals surface area contributed by atoms with Gasteiger partial charge < -0.3 is 15.5 Å². The van der Waals surface area contributed by atoms with Crippen molar-refractivity contribution < 1.29 is 9.59 Å². The molecule has 1 aromatic carbocycles. The monoisotopic (exact) mass is 261 g/mol. The van der Waals surface area contributed by atoms with Gasteiger partial charge in [0.15, 0.2) is 0 Å². The van der Waals surface area contributed by atoms with E-state index in [-0.39, 0.29) is 6.04 Å². The molecule has 1 aliphatic heterocycles. The summed E-state index contributed by atoms with van der Waals surface area (Å²) in [6.45, 7) is 3.49. The third-order valence-electron chi connectivity index (χ3n) is 3.44. The number of rotatable bonds is 3. The van der Waals surface area contributed by atoms with E-state index in [9.17, 15) is 9.59 Å². The van der Waals surface area contributed by atoms with Gasteiger partial charge in [0.1, 0.15) is 0 Å². The number of nitrogens with two attached hydrogens (primary N) is 1. The fraction of sp³-hybridized carbons (Fsp3) is 0.429. The summed E-state index contributed by atoms with van der Waals surface area (Å²) in [5.74, 6) is -0.918. The maximum Gasteiger partial charge on any atom is 0.312 e. The summed E-state index contributed by atoms with van der Waals surface area (Å²) in [4.78, 5) is 26.4. The van der Waals surface area contributed by atoms with E-state index in [0.29, 0.717) is 19.6 Å². The molecule has 1 heterocycles. The van der Waals surface area contributed by atoms with Gasteiger partial charge in [-0.3, -0.25) is 9.59 Å². The molecule has 0 saturated carbocycles. The molecule has 2 rings (SSSR count). The van der Waals surface area contributed by atoms with Crippen LogP contribution >= 0.6 is 0 Å². The van der Waals surface area contributed by atoms with Crippen molar-refractivity contribution in [3.63, 3.8) is 0 Å². The van der Waals surface area contributed by atoms with E-state index in [1.165, 1.54) is 15.4 Å². The van der Waals surface area contributed by atoms with Crippen molar-refractivity contribution in [1.82, 2.24) is 9.80 Å². The number of nitrogens with zero attached hydrogens (tertiary/aromatic N) is 2. The fourth-order valence-electron chi connectivity index (χ4n) is 2.10. The highest BCUT2D eigenvalue weighted by Crippen LogP contribution is 2.14. The van der Waals surface area contributed by atoms with Gasteiger partial charge in [-0.05, 0) is 12.5 Å². The normalized spacial score (nSPS) is 17.8. The first-order chi connectivity index (χ1) is 8.99. The summed E-state index contributed by atoms with van der Waals surface area (Å²) >= 11 is 0. The molecule has 102 valence electrons. The van der Waals surface area contributed by atoms with Crippen LogP contribution in [0.15, 0.2) is 24.3 Å². The summed E-state index contributed by atoms with van der Waals surface area (Å²) in [6, 6.07) is 7.64. The van der Waals surface area contributed by atoms with Crippen LogP contribution in [0.1, 0.15) is 17.2 Å². The summed E-state index contributed by atoms with van der Waals surface area (Å²) in [7, 11) is 1.64. The molecule has 2 N–H and O–H groups in total. The van der Waals surface area contributed by atoms with Crippen LogP contribution in [0, 0.1) is 6.92 Å². The van der Waals surface area contributed by atoms with Gasteiger partial charge in [-0.25, -0.2) is 0 Å². The Kier molecular flexibility index (Phi) is 3.85. The molecule has 5 heteroatoms. The molecule has 0 spiro atoms. The minimum absolute atomic E-state index is 0.263. The maximum absolute atomic E-state index is 11.8. The van der Waals surface area contributed by atoms with Crippen molar-refractivity contribution in [2.24, 2.45) is 5.73 Å². The highest BCUT2D eigenvalue weighted by molar-refractivity contribution is 6.35. The molecule has 1 atom stereocenters. The van der Waals surface area contributed by atoms with Gasteiger partial charge >= 0.3 is 11.8 Å². The lowest BCUT2D eigenvalue weighted by molar-refractivity contribution is -0.155. The van der Waals surface area contributed by atoms with Crippen molar-refractivity contribution >= 4 is 11.8 Å². The zero-order valence-corrected chi connectivity index (χ0v) is 11.3. The van der Waals surface area contributed by atoms with Gasteiger partial charge in [0.2, 0.25) is 0 Å². The number of carbonyl (C=O) groups excluding carboxylic acids is 2. The number of hydrogen-bond acceptors (Lipinski definition) is 3. The number of likely N-dealkylation sites (N-methyl/N-ethyl adjacent to an activating group) is 1. The third-order valence-corrected chi connectivity index (χ3v) is 3.44. The van der Waals surface area contributed by atoms with Crippen LogP contribution in [0.3, 0.4) is 0 Å². The maximum atomic E-state index is 11.8. The van der Waals surface area contributed by atoms with Crippen LogP contribution < -0.4 is 5.73 Å². The van der Waals surface area contributed by atoms with Crippen LogP contribution in [-0.4, -0.2) is 48.3 Å². The van der Waals surface area contributed by atoms with E-state index in [1.54, 1.807) is 7.05 Å². The number of piperazine rings is 1. The molecule has 5 nitrogen and oxygen atoms in total. The molecule has 1 saturated heterocycles. The number of benzene rings is 1. The van der Waals surface area contributed by atoms with Gasteiger partial charge in [-0.2, -0.15) is 0 Å². The molecule has 19 heavy (non-hydrogen) atoms. The first-order valence-electron chi connectivity index (χ1n) is 6.35. The van der Waals surface area contributed by atoms with Crippen molar-refractivity contribution in [2.45, 2.75) is 13.0 Å². The molecular formula is C14H19N3O2. The highest BCUT2D eigenvalue weighted by Gasteiger charge is 2.31. The van der Waals surface area contributed by atoms with Gasteiger partial charge in [0.25, 0.3) is 0 Å². The van der Waals surface area contributed by atoms with Crippen LogP contribution in [0.2, 0.25) is 0 Å². The smallest absolute Gasteiger partial charge is 0.312 e. The molecule has 1 aliphatic rings. The highest BCUT2D eigenvalue weighted by atomic mass is 16.2. The van der Waals surface area contributed by atoms with Crippen LogP contribution in [0.25, 0.3) is 0 Å². The standard InChI is InChI=1S/C14H19N3O2/c1-10-3-5-11(6-4-10)12(15)9-17-8-7-16(2)13(18)14(17)19/h3-6,12H,7-9,15H2,1-2H3. The average Bonchev–Trinajstić information content (AvgIpc) is 2.40. The summed E-state index contributed by atoms with van der Waals surface area (Å²) in [6.07, 6.45) is 0. The zero-order chi connectivity index (χ0) is 14.0. The van der Waals surface area contributed by atoms with Crippen LogP contribution in [0.4, 0.5) is 0 Å². The van der Waals surface area contributed by atoms with E-state index in [2.05, 4.69) is 0 Å². The first-order valence-corrected chi connectivity index (χ1v) is 6.35. The molecule has 0 aliphatic carbocycles. The second-order valence-electron chi connectivity index (χ2n) is 5.00. The lowest BCUT2D eigenvalue weighted by Crippen LogP contribution is -2.54. The van der Waals surface area contributed by atoms with E-state index in [4.69, 9.17) is 5.73 Å². The number of hydrogen-bond donors (Lipinski definition) is 1. The van der Waals surface area contributed by atoms with E-state index >= 15 is 0 Å². The molecule has 0 radical (unpaired) electrons. The predicted octanol–water partition coefficient (Wildman–Crippen LogP) is 0.295. The van der Waals surface area contributed by atoms with Crippen LogP contribution in [-0.2, 0) is 9.59 Å². The van der Waals surface area contributed by atoms with E-state index < -0.39 is 11.8 Å². The van der Waals surface area contributed by atoms with Gasteiger partial charge in [0, 0.05) is 32.7 Å². The molecule has 2 amide bonds. The van der Waals surface area contributed by atoms with Crippen molar-refractivity contribution in [2.75, 3.05) is 26.7 Å². The van der Waals surface area contributed by atoms with E-state index in [0.717, 1.165) is 5.56 Å². The van der Waals surface area contributed by atoms with Gasteiger partial charge in [-0.1, -0.05) is 29.8 Å². The molecule has 1 unspecified atom stereocenters. The molecule has 1 aromatic rings. The Hall–Kier alpha value is -1.88. The number of amides is 2. The van der Waals surface area contributed by atoms with Gasteiger partial charge in [0.05, 0.1) is 0 Å². The zero-order valence-electron chi connectivity index (χ0n) is 11.3. The average molecular weight is 261 g/mol. The van der Waals surface area contributed by atoms with Gasteiger partial charge in [-0.15, -0.1) is 0 Å². The molecule has 0 bridgehead atoms. The number of carbonyl (C=O) groups is 2. The summed E-state index contributed by atoms with van der Waals surface area (Å²) in [5.41, 5.74) is 8.24. The lowest BCUT2D eigenvalue weighted by atomic mass is 10.1. The van der Waals surface area contributed by atoms with Crippen molar-refractivity contribution in [1.29, 1.82) is 0 Å². The summed E-state index contributed by atoms with van der Waals surface area (Å²) < 4.78 is 0. The largest absolute Gasteiger partial charge is 0.336 e. The Morgan fingerprint density at radius 1 is 1.16 bits per heavy atom. The molecule has 1 fully saturated rings. The number of aryl methyl sites for hydroxylation is 1. The van der Waals surface area contributed by atoms with Crippen LogP contribution in [0.5, 0.6) is 0 Å². The Balaban J connectivity index is 2.03. The minimum Gasteiger partial charge on any atom is -0.336 e. The molecular weight excluding hydrogens is 242 g/mol.